The van der Waals surface area contributed by atoms with Gasteiger partial charge in [-0.25, -0.2) is 9.67 Å². The van der Waals surface area contributed by atoms with Crippen molar-refractivity contribution in [2.24, 2.45) is 0 Å². The van der Waals surface area contributed by atoms with E-state index < -0.39 is 23.6 Å². The smallest absolute Gasteiger partial charge is 0.362 e. The molecule has 1 N–H and O–H groups in total. The Hall–Kier alpha value is -2.62. The number of benzene rings is 1. The van der Waals surface area contributed by atoms with Gasteiger partial charge in [-0.1, -0.05) is 23.7 Å². The third kappa shape index (κ3) is 3.42. The second-order valence-electron chi connectivity index (χ2n) is 6.94. The van der Waals surface area contributed by atoms with Crippen molar-refractivity contribution in [3.63, 3.8) is 0 Å². The van der Waals surface area contributed by atoms with Crippen LogP contribution in [0.4, 0.5) is 32.0 Å². The summed E-state index contributed by atoms with van der Waals surface area (Å²) < 4.78 is 79.8. The Bertz CT molecular complexity index is 1080. The second-order valence-corrected chi connectivity index (χ2v) is 7.32. The number of pyridine rings is 1. The number of halogens is 7. The molecule has 2 aromatic heterocycles. The lowest BCUT2D eigenvalue weighted by atomic mass is 10.0. The van der Waals surface area contributed by atoms with E-state index in [4.69, 9.17) is 11.6 Å². The maximum Gasteiger partial charge on any atom is 0.433 e. The summed E-state index contributed by atoms with van der Waals surface area (Å²) in [7, 11) is 0. The van der Waals surface area contributed by atoms with Gasteiger partial charge in [0.2, 0.25) is 0 Å². The van der Waals surface area contributed by atoms with E-state index >= 15 is 0 Å². The number of fused-ring (bicyclic) bond motifs is 1. The van der Waals surface area contributed by atoms with Gasteiger partial charge in [0, 0.05) is 13.0 Å². The molecule has 1 aliphatic heterocycles. The van der Waals surface area contributed by atoms with Gasteiger partial charge < -0.3 is 4.90 Å². The third-order valence-electron chi connectivity index (χ3n) is 5.13. The number of nitrogens with one attached hydrogen (secondary N) is 1. The summed E-state index contributed by atoms with van der Waals surface area (Å²) in [6.07, 6.45) is -8.73. The fraction of sp³-hybridized carbons (Fsp3) is 0.316. The zero-order valence-corrected chi connectivity index (χ0v) is 16.2. The molecule has 30 heavy (non-hydrogen) atoms. The number of nitrogens with zero attached hydrogens (tertiary/aromatic N) is 3. The minimum atomic E-state index is -4.57. The number of alkyl halides is 6. The van der Waals surface area contributed by atoms with Crippen molar-refractivity contribution in [2.45, 2.75) is 31.7 Å². The normalized spacial score (nSPS) is 17.3. The highest BCUT2D eigenvalue weighted by atomic mass is 35.5. The Morgan fingerprint density at radius 1 is 1.03 bits per heavy atom. The topological polar surface area (TPSA) is 36.9 Å². The largest absolute Gasteiger partial charge is 0.433 e. The molecular formula is C19H15ClF6N4. The van der Waals surface area contributed by atoms with Crippen molar-refractivity contribution in [2.75, 3.05) is 11.4 Å². The molecule has 3 aromatic rings. The van der Waals surface area contributed by atoms with Crippen LogP contribution in [0.3, 0.4) is 0 Å². The Labute approximate surface area is 172 Å². The number of aromatic nitrogens is 3. The molecule has 0 spiro atoms. The molecule has 0 fully saturated rings. The number of aromatic amines is 1. The van der Waals surface area contributed by atoms with E-state index in [1.165, 1.54) is 28.9 Å². The molecule has 4 nitrogen and oxygen atoms in total. The summed E-state index contributed by atoms with van der Waals surface area (Å²) in [6.45, 7) is 2.13. The van der Waals surface area contributed by atoms with Gasteiger partial charge in [0.1, 0.15) is 5.69 Å². The number of rotatable bonds is 2. The van der Waals surface area contributed by atoms with Crippen LogP contribution < -0.4 is 4.90 Å². The Morgan fingerprint density at radius 3 is 2.40 bits per heavy atom. The number of anilines is 1. The van der Waals surface area contributed by atoms with Gasteiger partial charge in [-0.2, -0.15) is 26.3 Å². The lowest BCUT2D eigenvalue weighted by molar-refractivity contribution is -0.141. The number of hydrogen-bond donors (Lipinski definition) is 1. The van der Waals surface area contributed by atoms with E-state index in [0.717, 1.165) is 17.8 Å². The standard InChI is InChI=1S/C19H15ClF6N4/c1-10-17-13(30(28-17)15-7-3-6-14(27-15)19(24,25)26)8-9-29(10)12-5-2-4-11(16(12)20)18(21,22)23/h2-7,10,28H,8-9H2,1H3. The minimum Gasteiger partial charge on any atom is -0.362 e. The zero-order valence-electron chi connectivity index (χ0n) is 15.4. The molecule has 0 bridgehead atoms. The molecule has 1 unspecified atom stereocenters. The monoisotopic (exact) mass is 448 g/mol. The maximum absolute atomic E-state index is 13.2. The first-order valence-corrected chi connectivity index (χ1v) is 9.32. The predicted molar refractivity (Wildman–Crippen MR) is 98.8 cm³/mol. The average molecular weight is 449 g/mol. The van der Waals surface area contributed by atoms with E-state index in [1.54, 1.807) is 11.8 Å². The van der Waals surface area contributed by atoms with Gasteiger partial charge in [0.05, 0.1) is 33.7 Å². The predicted octanol–water partition coefficient (Wildman–Crippen LogP) is 6.02. The summed E-state index contributed by atoms with van der Waals surface area (Å²) in [5.41, 5.74) is -0.215. The van der Waals surface area contributed by atoms with Crippen LogP contribution in [0.2, 0.25) is 5.02 Å². The highest BCUT2D eigenvalue weighted by Gasteiger charge is 2.37. The Balaban J connectivity index is 1.65. The molecule has 3 heterocycles. The Morgan fingerprint density at radius 2 is 1.73 bits per heavy atom. The third-order valence-corrected chi connectivity index (χ3v) is 5.53. The molecule has 1 aromatic carbocycles. The first kappa shape index (κ1) is 20.6. The zero-order chi connectivity index (χ0) is 21.8. The van der Waals surface area contributed by atoms with Crippen molar-refractivity contribution in [1.29, 1.82) is 0 Å². The summed E-state index contributed by atoms with van der Waals surface area (Å²) in [5, 5.41) is 2.59. The molecule has 0 amide bonds. The SMILES string of the molecule is CC1c2[nH]n(-c3cccc(C(F)(F)F)n3)c2CCN1c1cccc(C(F)(F)F)c1Cl. The average Bonchev–Trinajstić information content (AvgIpc) is 2.63. The van der Waals surface area contributed by atoms with Crippen molar-refractivity contribution in [3.05, 3.63) is 64.1 Å². The molecule has 1 atom stereocenters. The van der Waals surface area contributed by atoms with Gasteiger partial charge in [-0.3, -0.25) is 5.10 Å². The first-order valence-electron chi connectivity index (χ1n) is 8.95. The lowest BCUT2D eigenvalue weighted by Gasteiger charge is -2.40. The van der Waals surface area contributed by atoms with Crippen molar-refractivity contribution in [1.82, 2.24) is 14.8 Å². The van der Waals surface area contributed by atoms with E-state index in [2.05, 4.69) is 10.1 Å². The van der Waals surface area contributed by atoms with Crippen LogP contribution in [0.5, 0.6) is 0 Å². The van der Waals surface area contributed by atoms with Gasteiger partial charge in [0.25, 0.3) is 0 Å². The molecule has 0 radical (unpaired) electrons. The second kappa shape index (κ2) is 6.97. The van der Waals surface area contributed by atoms with E-state index in [9.17, 15) is 26.3 Å². The van der Waals surface area contributed by atoms with Crippen LogP contribution in [0, 0.1) is 0 Å². The summed E-state index contributed by atoms with van der Waals surface area (Å²) in [4.78, 5) is 5.39. The Kier molecular flexibility index (Phi) is 4.80. The van der Waals surface area contributed by atoms with E-state index in [1.807, 2.05) is 0 Å². The van der Waals surface area contributed by atoms with Crippen molar-refractivity contribution in [3.8, 4) is 5.82 Å². The molecule has 4 rings (SSSR count). The lowest BCUT2D eigenvalue weighted by Crippen LogP contribution is -2.40. The van der Waals surface area contributed by atoms with Crippen molar-refractivity contribution >= 4 is 17.3 Å². The summed E-state index contributed by atoms with van der Waals surface area (Å²) >= 11 is 6.05. The maximum atomic E-state index is 13.2. The van der Waals surface area contributed by atoms with Gasteiger partial charge in [0.15, 0.2) is 5.82 Å². The number of H-pyrrole nitrogens is 1. The van der Waals surface area contributed by atoms with E-state index in [0.29, 0.717) is 18.7 Å². The van der Waals surface area contributed by atoms with Crippen molar-refractivity contribution < 1.29 is 26.3 Å². The molecule has 0 saturated heterocycles. The number of hydrogen-bond acceptors (Lipinski definition) is 2. The van der Waals surface area contributed by atoms with Crippen LogP contribution in [0.25, 0.3) is 5.82 Å². The molecule has 0 saturated carbocycles. The van der Waals surface area contributed by atoms with Crippen LogP contribution in [0.1, 0.15) is 35.6 Å². The fourth-order valence-electron chi connectivity index (χ4n) is 3.67. The molecular weight excluding hydrogens is 434 g/mol. The van der Waals surface area contributed by atoms with Gasteiger partial charge in [-0.15, -0.1) is 0 Å². The summed E-state index contributed by atoms with van der Waals surface area (Å²) in [6, 6.07) is 7.00. The highest BCUT2D eigenvalue weighted by molar-refractivity contribution is 6.34. The molecule has 11 heteroatoms. The quantitative estimate of drug-likeness (QED) is 0.487. The van der Waals surface area contributed by atoms with E-state index in [-0.39, 0.29) is 22.6 Å². The van der Waals surface area contributed by atoms with Gasteiger partial charge in [-0.05, 0) is 31.2 Å². The fourth-order valence-corrected chi connectivity index (χ4v) is 4.01. The molecule has 1 aliphatic rings. The highest BCUT2D eigenvalue weighted by Crippen LogP contribution is 2.43. The minimum absolute atomic E-state index is 0.0985. The molecule has 0 aliphatic carbocycles. The summed E-state index contributed by atoms with van der Waals surface area (Å²) in [5.74, 6) is 0.0985. The van der Waals surface area contributed by atoms with Gasteiger partial charge >= 0.3 is 12.4 Å². The van der Waals surface area contributed by atoms with Crippen LogP contribution in [-0.4, -0.2) is 21.3 Å². The molecule has 160 valence electrons. The van der Waals surface area contributed by atoms with Crippen LogP contribution in [0.15, 0.2) is 36.4 Å². The van der Waals surface area contributed by atoms with Crippen LogP contribution in [-0.2, 0) is 18.8 Å². The van der Waals surface area contributed by atoms with Crippen LogP contribution >= 0.6 is 11.6 Å². The first-order chi connectivity index (χ1) is 14.0.